The van der Waals surface area contributed by atoms with Crippen molar-refractivity contribution in [3.63, 3.8) is 0 Å². The molecular weight excluding hydrogens is 250 g/mol. The Morgan fingerprint density at radius 2 is 1.90 bits per heavy atom. The van der Waals surface area contributed by atoms with E-state index in [1.54, 1.807) is 0 Å². The Labute approximate surface area is 120 Å². The molecule has 1 heterocycles. The van der Waals surface area contributed by atoms with Crippen molar-refractivity contribution in [2.24, 2.45) is 5.10 Å². The van der Waals surface area contributed by atoms with Gasteiger partial charge in [-0.15, -0.1) is 0 Å². The summed E-state index contributed by atoms with van der Waals surface area (Å²) >= 11 is 0. The van der Waals surface area contributed by atoms with Crippen molar-refractivity contribution in [3.8, 4) is 0 Å². The summed E-state index contributed by atoms with van der Waals surface area (Å²) < 4.78 is 0. The van der Waals surface area contributed by atoms with Crippen LogP contribution in [0.25, 0.3) is 0 Å². The molecular formula is C16H23N3O. The summed E-state index contributed by atoms with van der Waals surface area (Å²) in [6, 6.07) is 10.1. The fourth-order valence-electron chi connectivity index (χ4n) is 2.44. The number of benzene rings is 1. The number of carbonyl (C=O) groups is 1. The van der Waals surface area contributed by atoms with Gasteiger partial charge in [-0.3, -0.25) is 9.69 Å². The van der Waals surface area contributed by atoms with Crippen LogP contribution in [0.5, 0.6) is 0 Å². The molecule has 2 rings (SSSR count). The van der Waals surface area contributed by atoms with Gasteiger partial charge in [-0.05, 0) is 38.4 Å². The van der Waals surface area contributed by atoms with Gasteiger partial charge in [0.25, 0.3) is 5.91 Å². The maximum absolute atomic E-state index is 11.8. The molecule has 1 aliphatic rings. The lowest BCUT2D eigenvalue weighted by atomic mass is 10.1. The fourth-order valence-corrected chi connectivity index (χ4v) is 2.44. The zero-order chi connectivity index (χ0) is 14.2. The predicted octanol–water partition coefficient (Wildman–Crippen LogP) is 2.21. The number of nitrogens with one attached hydrogen (secondary N) is 1. The molecule has 0 saturated carbocycles. The second-order valence-corrected chi connectivity index (χ2v) is 5.38. The Morgan fingerprint density at radius 3 is 2.60 bits per heavy atom. The van der Waals surface area contributed by atoms with Gasteiger partial charge in [0.2, 0.25) is 0 Å². The van der Waals surface area contributed by atoms with Crippen LogP contribution in [0, 0.1) is 0 Å². The molecule has 0 unspecified atom stereocenters. The molecule has 1 aliphatic heterocycles. The van der Waals surface area contributed by atoms with E-state index in [9.17, 15) is 4.79 Å². The van der Waals surface area contributed by atoms with Crippen LogP contribution in [0.2, 0.25) is 0 Å². The average Bonchev–Trinajstić information content (AvgIpc) is 2.47. The quantitative estimate of drug-likeness (QED) is 0.660. The molecule has 1 fully saturated rings. The SMILES string of the molecule is C/C(Cc1ccccc1)=N/NC(=O)CN1CCCCC1. The van der Waals surface area contributed by atoms with Crippen LogP contribution < -0.4 is 5.43 Å². The van der Waals surface area contributed by atoms with Crippen molar-refractivity contribution in [3.05, 3.63) is 35.9 Å². The number of likely N-dealkylation sites (tertiary alicyclic amines) is 1. The zero-order valence-electron chi connectivity index (χ0n) is 12.1. The van der Waals surface area contributed by atoms with Crippen molar-refractivity contribution in [2.45, 2.75) is 32.6 Å². The largest absolute Gasteiger partial charge is 0.294 e. The zero-order valence-corrected chi connectivity index (χ0v) is 12.1. The molecule has 1 N–H and O–H groups in total. The van der Waals surface area contributed by atoms with E-state index in [1.165, 1.54) is 24.8 Å². The van der Waals surface area contributed by atoms with Crippen LogP contribution in [0.1, 0.15) is 31.7 Å². The number of carbonyl (C=O) groups excluding carboxylic acids is 1. The molecule has 108 valence electrons. The van der Waals surface area contributed by atoms with Gasteiger partial charge in [-0.2, -0.15) is 5.10 Å². The van der Waals surface area contributed by atoms with Gasteiger partial charge in [-0.1, -0.05) is 36.8 Å². The highest BCUT2D eigenvalue weighted by molar-refractivity contribution is 5.86. The summed E-state index contributed by atoms with van der Waals surface area (Å²) in [5.41, 5.74) is 4.78. The molecule has 0 aliphatic carbocycles. The first-order valence-corrected chi connectivity index (χ1v) is 7.32. The van der Waals surface area contributed by atoms with Gasteiger partial charge in [0.05, 0.1) is 6.54 Å². The maximum atomic E-state index is 11.8. The van der Waals surface area contributed by atoms with E-state index in [-0.39, 0.29) is 5.91 Å². The Kier molecular flexibility index (Phi) is 5.74. The van der Waals surface area contributed by atoms with Crippen molar-refractivity contribution in [1.29, 1.82) is 0 Å². The van der Waals surface area contributed by atoms with E-state index in [4.69, 9.17) is 0 Å². The van der Waals surface area contributed by atoms with E-state index in [0.717, 1.165) is 25.2 Å². The van der Waals surface area contributed by atoms with Crippen molar-refractivity contribution >= 4 is 11.6 Å². The molecule has 0 spiro atoms. The van der Waals surface area contributed by atoms with E-state index < -0.39 is 0 Å². The fraction of sp³-hybridized carbons (Fsp3) is 0.500. The van der Waals surface area contributed by atoms with Gasteiger partial charge in [0.1, 0.15) is 0 Å². The third kappa shape index (κ3) is 5.13. The molecule has 0 aromatic heterocycles. The number of rotatable bonds is 5. The van der Waals surface area contributed by atoms with Crippen molar-refractivity contribution < 1.29 is 4.79 Å². The minimum absolute atomic E-state index is 0.0145. The standard InChI is InChI=1S/C16H23N3O/c1-14(12-15-8-4-2-5-9-15)17-18-16(20)13-19-10-6-3-7-11-19/h2,4-5,8-9H,3,6-7,10-13H2,1H3,(H,18,20)/b17-14-. The summed E-state index contributed by atoms with van der Waals surface area (Å²) in [7, 11) is 0. The Morgan fingerprint density at radius 1 is 1.20 bits per heavy atom. The first-order valence-electron chi connectivity index (χ1n) is 7.32. The third-order valence-corrected chi connectivity index (χ3v) is 3.49. The summed E-state index contributed by atoms with van der Waals surface area (Å²) in [5, 5.41) is 4.18. The molecule has 1 aromatic rings. The number of piperidine rings is 1. The summed E-state index contributed by atoms with van der Waals surface area (Å²) in [6.45, 7) is 4.45. The van der Waals surface area contributed by atoms with E-state index in [2.05, 4.69) is 27.6 Å². The molecule has 0 atom stereocenters. The Bertz CT molecular complexity index is 450. The first kappa shape index (κ1) is 14.7. The summed E-state index contributed by atoms with van der Waals surface area (Å²) in [4.78, 5) is 14.0. The van der Waals surface area contributed by atoms with E-state index in [0.29, 0.717) is 6.54 Å². The highest BCUT2D eigenvalue weighted by Crippen LogP contribution is 2.07. The van der Waals surface area contributed by atoms with Crippen LogP contribution in [-0.2, 0) is 11.2 Å². The minimum atomic E-state index is -0.0145. The highest BCUT2D eigenvalue weighted by Gasteiger charge is 2.13. The highest BCUT2D eigenvalue weighted by atomic mass is 16.2. The van der Waals surface area contributed by atoms with Crippen LogP contribution in [0.4, 0.5) is 0 Å². The Balaban J connectivity index is 1.74. The second kappa shape index (κ2) is 7.80. The smallest absolute Gasteiger partial charge is 0.254 e. The topological polar surface area (TPSA) is 44.7 Å². The van der Waals surface area contributed by atoms with Gasteiger partial charge in [0, 0.05) is 12.1 Å². The lowest BCUT2D eigenvalue weighted by molar-refractivity contribution is -0.122. The van der Waals surface area contributed by atoms with E-state index >= 15 is 0 Å². The van der Waals surface area contributed by atoms with Crippen molar-refractivity contribution in [2.75, 3.05) is 19.6 Å². The number of hydrazone groups is 1. The van der Waals surface area contributed by atoms with Gasteiger partial charge in [-0.25, -0.2) is 5.43 Å². The Hall–Kier alpha value is -1.68. The first-order chi connectivity index (χ1) is 9.74. The minimum Gasteiger partial charge on any atom is -0.294 e. The average molecular weight is 273 g/mol. The molecule has 1 saturated heterocycles. The van der Waals surface area contributed by atoms with Gasteiger partial charge < -0.3 is 0 Å². The lowest BCUT2D eigenvalue weighted by Crippen LogP contribution is -2.38. The summed E-state index contributed by atoms with van der Waals surface area (Å²) in [5.74, 6) is -0.0145. The van der Waals surface area contributed by atoms with Crippen LogP contribution >= 0.6 is 0 Å². The third-order valence-electron chi connectivity index (χ3n) is 3.49. The molecule has 4 heteroatoms. The lowest BCUT2D eigenvalue weighted by Gasteiger charge is -2.25. The molecule has 1 amide bonds. The molecule has 4 nitrogen and oxygen atoms in total. The normalized spacial score (nSPS) is 16.9. The van der Waals surface area contributed by atoms with Crippen LogP contribution in [-0.4, -0.2) is 36.2 Å². The number of hydrogen-bond donors (Lipinski definition) is 1. The van der Waals surface area contributed by atoms with Crippen molar-refractivity contribution in [1.82, 2.24) is 10.3 Å². The number of nitrogens with zero attached hydrogens (tertiary/aromatic N) is 2. The van der Waals surface area contributed by atoms with Gasteiger partial charge in [0.15, 0.2) is 0 Å². The predicted molar refractivity (Wildman–Crippen MR) is 81.7 cm³/mol. The second-order valence-electron chi connectivity index (χ2n) is 5.38. The van der Waals surface area contributed by atoms with Gasteiger partial charge >= 0.3 is 0 Å². The number of amides is 1. The monoisotopic (exact) mass is 273 g/mol. The number of hydrogen-bond acceptors (Lipinski definition) is 3. The molecule has 1 aromatic carbocycles. The molecule has 0 radical (unpaired) electrons. The maximum Gasteiger partial charge on any atom is 0.254 e. The van der Waals surface area contributed by atoms with E-state index in [1.807, 2.05) is 25.1 Å². The summed E-state index contributed by atoms with van der Waals surface area (Å²) in [6.07, 6.45) is 4.45. The molecule has 0 bridgehead atoms. The van der Waals surface area contributed by atoms with Crippen LogP contribution in [0.15, 0.2) is 35.4 Å². The molecule has 20 heavy (non-hydrogen) atoms. The van der Waals surface area contributed by atoms with Crippen LogP contribution in [0.3, 0.4) is 0 Å².